The van der Waals surface area contributed by atoms with E-state index in [1.807, 2.05) is 37.3 Å². The number of rotatable bonds is 5. The van der Waals surface area contributed by atoms with E-state index in [-0.39, 0.29) is 12.4 Å². The van der Waals surface area contributed by atoms with Gasteiger partial charge in [0.15, 0.2) is 0 Å². The van der Waals surface area contributed by atoms with E-state index in [1.165, 1.54) is 12.1 Å². The number of phenolic OH excluding ortho intramolecular Hbond substituents is 1. The van der Waals surface area contributed by atoms with Crippen LogP contribution in [0.25, 0.3) is 0 Å². The van der Waals surface area contributed by atoms with Crippen molar-refractivity contribution < 1.29 is 14.4 Å². The lowest BCUT2D eigenvalue weighted by Crippen LogP contribution is -2.35. The average molecular weight is 290 g/mol. The van der Waals surface area contributed by atoms with E-state index in [0.717, 1.165) is 5.56 Å². The van der Waals surface area contributed by atoms with Gasteiger partial charge in [0.25, 0.3) is 0 Å². The van der Waals surface area contributed by atoms with Crippen LogP contribution in [0.15, 0.2) is 59.5 Å². The summed E-state index contributed by atoms with van der Waals surface area (Å²) in [5, 5.41) is 19.2. The van der Waals surface area contributed by atoms with Crippen molar-refractivity contribution >= 4 is 10.8 Å². The van der Waals surface area contributed by atoms with Gasteiger partial charge in [0.05, 0.1) is 22.2 Å². The van der Waals surface area contributed by atoms with Crippen LogP contribution >= 0.6 is 0 Å². The first kappa shape index (κ1) is 14.8. The second-order valence-corrected chi connectivity index (χ2v) is 6.42. The molecule has 0 saturated heterocycles. The Kier molecular flexibility index (Phi) is 4.57. The zero-order chi connectivity index (χ0) is 14.6. The summed E-state index contributed by atoms with van der Waals surface area (Å²) in [5.41, 5.74) is 0.858. The number of hydrogen-bond donors (Lipinski definition) is 2. The minimum Gasteiger partial charge on any atom is -0.508 e. The highest BCUT2D eigenvalue weighted by molar-refractivity contribution is 7.86. The zero-order valence-corrected chi connectivity index (χ0v) is 12.1. The van der Waals surface area contributed by atoms with Crippen LogP contribution in [-0.4, -0.2) is 21.0 Å². The molecule has 2 unspecified atom stereocenters. The largest absolute Gasteiger partial charge is 0.508 e. The van der Waals surface area contributed by atoms with Crippen molar-refractivity contribution in [3.05, 3.63) is 60.2 Å². The summed E-state index contributed by atoms with van der Waals surface area (Å²) < 4.78 is 12.1. The quantitative estimate of drug-likeness (QED) is 0.890. The van der Waals surface area contributed by atoms with Gasteiger partial charge in [0.2, 0.25) is 0 Å². The summed E-state index contributed by atoms with van der Waals surface area (Å²) in [5.74, 6) is 0.136. The molecule has 0 aliphatic carbocycles. The average Bonchev–Trinajstić information content (AvgIpc) is 2.51. The highest BCUT2D eigenvalue weighted by Gasteiger charge is 2.37. The summed E-state index contributed by atoms with van der Waals surface area (Å²) in [7, 11) is -1.40. The van der Waals surface area contributed by atoms with Gasteiger partial charge in [-0.3, -0.25) is 4.21 Å². The van der Waals surface area contributed by atoms with Gasteiger partial charge < -0.3 is 10.2 Å². The predicted octanol–water partition coefficient (Wildman–Crippen LogP) is 2.80. The van der Waals surface area contributed by atoms with Crippen LogP contribution in [0.1, 0.15) is 18.9 Å². The van der Waals surface area contributed by atoms with Gasteiger partial charge in [0.1, 0.15) is 5.75 Å². The molecule has 0 aliphatic rings. The van der Waals surface area contributed by atoms with Gasteiger partial charge >= 0.3 is 0 Å². The molecular weight excluding hydrogens is 272 g/mol. The zero-order valence-electron chi connectivity index (χ0n) is 11.3. The molecule has 2 aromatic rings. The maximum Gasteiger partial charge on any atom is 0.115 e. The van der Waals surface area contributed by atoms with Gasteiger partial charge in [-0.25, -0.2) is 0 Å². The fourth-order valence-corrected chi connectivity index (χ4v) is 3.81. The van der Waals surface area contributed by atoms with Crippen LogP contribution in [0.3, 0.4) is 0 Å². The first-order valence-corrected chi connectivity index (χ1v) is 7.66. The Balaban J connectivity index is 2.48. The van der Waals surface area contributed by atoms with Gasteiger partial charge in [0, 0.05) is 4.90 Å². The van der Waals surface area contributed by atoms with Gasteiger partial charge in [-0.15, -0.1) is 0 Å². The van der Waals surface area contributed by atoms with E-state index in [9.17, 15) is 14.4 Å². The van der Waals surface area contributed by atoms with Gasteiger partial charge in [-0.05, 0) is 36.2 Å². The van der Waals surface area contributed by atoms with Crippen LogP contribution in [-0.2, 0) is 15.5 Å². The van der Waals surface area contributed by atoms with Crippen molar-refractivity contribution in [3.63, 3.8) is 0 Å². The lowest BCUT2D eigenvalue weighted by molar-refractivity contribution is 0.241. The Hall–Kier alpha value is -1.65. The molecule has 0 spiro atoms. The van der Waals surface area contributed by atoms with Crippen molar-refractivity contribution in [1.29, 1.82) is 0 Å². The Morgan fingerprint density at radius 1 is 1.05 bits per heavy atom. The lowest BCUT2D eigenvalue weighted by Gasteiger charge is -2.30. The van der Waals surface area contributed by atoms with Crippen molar-refractivity contribution in [2.75, 3.05) is 6.61 Å². The van der Waals surface area contributed by atoms with E-state index in [0.29, 0.717) is 11.3 Å². The van der Waals surface area contributed by atoms with E-state index < -0.39 is 15.5 Å². The number of phenols is 1. The Morgan fingerprint density at radius 3 is 2.15 bits per heavy atom. The first-order chi connectivity index (χ1) is 9.64. The van der Waals surface area contributed by atoms with Crippen molar-refractivity contribution in [2.45, 2.75) is 23.0 Å². The molecule has 0 radical (unpaired) electrons. The molecule has 4 heteroatoms. The second kappa shape index (κ2) is 6.20. The first-order valence-electron chi connectivity index (χ1n) is 6.51. The normalized spacial score (nSPS) is 15.5. The summed E-state index contributed by atoms with van der Waals surface area (Å²) in [4.78, 5) is 0.600. The summed E-state index contributed by atoms with van der Waals surface area (Å²) in [6.07, 6.45) is 0.557. The number of hydrogen-bond acceptors (Lipinski definition) is 3. The lowest BCUT2D eigenvalue weighted by atomic mass is 9.96. The Bertz CT molecular complexity index is 574. The molecule has 2 atom stereocenters. The second-order valence-electron chi connectivity index (χ2n) is 4.63. The minimum atomic E-state index is -1.40. The molecule has 2 rings (SSSR count). The third-order valence-corrected chi connectivity index (χ3v) is 5.60. The summed E-state index contributed by atoms with van der Waals surface area (Å²) >= 11 is 0. The third kappa shape index (κ3) is 2.62. The molecule has 106 valence electrons. The van der Waals surface area contributed by atoms with Gasteiger partial charge in [-0.2, -0.15) is 0 Å². The Labute approximate surface area is 121 Å². The van der Waals surface area contributed by atoms with E-state index in [4.69, 9.17) is 0 Å². The van der Waals surface area contributed by atoms with Gasteiger partial charge in [-0.1, -0.05) is 37.3 Å². The minimum absolute atomic E-state index is 0.136. The predicted molar refractivity (Wildman–Crippen MR) is 80.0 cm³/mol. The van der Waals surface area contributed by atoms with Crippen molar-refractivity contribution in [1.82, 2.24) is 0 Å². The molecule has 0 aromatic heterocycles. The fraction of sp³-hybridized carbons (Fsp3) is 0.250. The van der Waals surface area contributed by atoms with Crippen LogP contribution in [0.2, 0.25) is 0 Å². The summed E-state index contributed by atoms with van der Waals surface area (Å²) in [6, 6.07) is 15.7. The number of aromatic hydroxyl groups is 1. The number of benzene rings is 2. The maximum atomic E-state index is 12.9. The molecule has 2 aromatic carbocycles. The van der Waals surface area contributed by atoms with Crippen LogP contribution in [0.4, 0.5) is 0 Å². The molecule has 0 bridgehead atoms. The van der Waals surface area contributed by atoms with Crippen molar-refractivity contribution in [2.24, 2.45) is 0 Å². The number of aliphatic hydroxyl groups excluding tert-OH is 1. The Morgan fingerprint density at radius 2 is 1.65 bits per heavy atom. The molecule has 0 fully saturated rings. The van der Waals surface area contributed by atoms with Crippen LogP contribution in [0.5, 0.6) is 5.75 Å². The molecule has 2 N–H and O–H groups in total. The number of aliphatic hydroxyl groups is 1. The van der Waals surface area contributed by atoms with Crippen LogP contribution < -0.4 is 0 Å². The molecule has 20 heavy (non-hydrogen) atoms. The van der Waals surface area contributed by atoms with E-state index in [2.05, 4.69) is 0 Å². The maximum absolute atomic E-state index is 12.9. The fourth-order valence-electron chi connectivity index (χ4n) is 2.24. The summed E-state index contributed by atoms with van der Waals surface area (Å²) in [6.45, 7) is 1.72. The highest BCUT2D eigenvalue weighted by atomic mass is 32.2. The van der Waals surface area contributed by atoms with Crippen molar-refractivity contribution in [3.8, 4) is 5.75 Å². The monoisotopic (exact) mass is 290 g/mol. The standard InChI is InChI=1S/C16H18O3S/c1-2-16(12-17,13-6-4-3-5-7-13)20(19)15-10-8-14(18)9-11-15/h3-11,17-18H,2,12H2,1H3. The molecule has 0 aliphatic heterocycles. The smallest absolute Gasteiger partial charge is 0.115 e. The van der Waals surface area contributed by atoms with E-state index >= 15 is 0 Å². The molecule has 0 saturated carbocycles. The molecule has 0 amide bonds. The third-order valence-electron chi connectivity index (χ3n) is 3.53. The van der Waals surface area contributed by atoms with E-state index in [1.54, 1.807) is 12.1 Å². The highest BCUT2D eigenvalue weighted by Crippen LogP contribution is 2.35. The molecular formula is C16H18O3S. The topological polar surface area (TPSA) is 57.5 Å². The SMILES string of the molecule is CCC(CO)(c1ccccc1)S(=O)c1ccc(O)cc1. The molecule has 0 heterocycles. The molecule has 3 nitrogen and oxygen atoms in total. The van der Waals surface area contributed by atoms with Crippen LogP contribution in [0, 0.1) is 0 Å².